The Bertz CT molecular complexity index is 398. The molecule has 56 valence electrons. The highest BCUT2D eigenvalue weighted by Gasteiger charge is 2.05. The first-order chi connectivity index (χ1) is 5.27. The highest BCUT2D eigenvalue weighted by atomic mass is 127. The van der Waals surface area contributed by atoms with Crippen LogP contribution < -0.4 is 0 Å². The van der Waals surface area contributed by atoms with Gasteiger partial charge in [-0.3, -0.25) is 0 Å². The van der Waals surface area contributed by atoms with Crippen molar-refractivity contribution >= 4 is 33.8 Å². The predicted molar refractivity (Wildman–Crippen MR) is 47.1 cm³/mol. The molecule has 5 heteroatoms. The van der Waals surface area contributed by atoms with Gasteiger partial charge >= 0.3 is 0 Å². The van der Waals surface area contributed by atoms with Gasteiger partial charge in [0.2, 0.25) is 5.65 Å². The van der Waals surface area contributed by atoms with Crippen LogP contribution in [0.25, 0.3) is 11.2 Å². The van der Waals surface area contributed by atoms with E-state index in [4.69, 9.17) is 4.52 Å². The molecule has 0 aliphatic heterocycles. The summed E-state index contributed by atoms with van der Waals surface area (Å²) in [5.74, 6) is 0.714. The van der Waals surface area contributed by atoms with E-state index in [1.165, 1.54) is 0 Å². The summed E-state index contributed by atoms with van der Waals surface area (Å²) in [6.07, 6.45) is 1.66. The van der Waals surface area contributed by atoms with Crippen LogP contribution in [-0.2, 0) is 0 Å². The lowest BCUT2D eigenvalue weighted by molar-refractivity contribution is 0.404. The second-order valence-electron chi connectivity index (χ2n) is 2.10. The van der Waals surface area contributed by atoms with Crippen LogP contribution >= 0.6 is 22.6 Å². The molecule has 0 aliphatic rings. The first-order valence-corrected chi connectivity index (χ1v) is 4.10. The van der Waals surface area contributed by atoms with E-state index in [9.17, 15) is 0 Å². The summed E-state index contributed by atoms with van der Waals surface area (Å²) in [4.78, 5) is 8.23. The van der Waals surface area contributed by atoms with Gasteiger partial charge in [-0.15, -0.1) is 0 Å². The van der Waals surface area contributed by atoms with Crippen LogP contribution in [0.2, 0.25) is 0 Å². The average molecular weight is 261 g/mol. The van der Waals surface area contributed by atoms with Crippen LogP contribution in [0.1, 0.15) is 5.76 Å². The SMILES string of the molecule is Cc1onc2ncc(I)nc12. The number of nitrogens with zero attached hydrogens (tertiary/aromatic N) is 3. The van der Waals surface area contributed by atoms with E-state index in [0.717, 1.165) is 9.22 Å². The van der Waals surface area contributed by atoms with Crippen LogP contribution in [-0.4, -0.2) is 15.1 Å². The fraction of sp³-hybridized carbons (Fsp3) is 0.167. The number of halogens is 1. The molecular formula is C6H4IN3O. The molecule has 0 fully saturated rings. The third kappa shape index (κ3) is 1.09. The highest BCUT2D eigenvalue weighted by Crippen LogP contribution is 2.12. The van der Waals surface area contributed by atoms with Crippen molar-refractivity contribution in [3.63, 3.8) is 0 Å². The lowest BCUT2D eigenvalue weighted by Crippen LogP contribution is -1.84. The van der Waals surface area contributed by atoms with Crippen molar-refractivity contribution in [1.82, 2.24) is 15.1 Å². The van der Waals surface area contributed by atoms with Crippen molar-refractivity contribution in [1.29, 1.82) is 0 Å². The smallest absolute Gasteiger partial charge is 0.221 e. The zero-order valence-electron chi connectivity index (χ0n) is 5.71. The third-order valence-electron chi connectivity index (χ3n) is 1.33. The molecule has 0 spiro atoms. The summed E-state index contributed by atoms with van der Waals surface area (Å²) in [5, 5.41) is 3.71. The number of fused-ring (bicyclic) bond motifs is 1. The van der Waals surface area contributed by atoms with Gasteiger partial charge in [0.25, 0.3) is 0 Å². The van der Waals surface area contributed by atoms with Crippen LogP contribution in [0.15, 0.2) is 10.7 Å². The number of hydrogen-bond donors (Lipinski definition) is 0. The maximum absolute atomic E-state index is 4.89. The van der Waals surface area contributed by atoms with Crippen molar-refractivity contribution in [2.75, 3.05) is 0 Å². The fourth-order valence-electron chi connectivity index (χ4n) is 0.819. The Labute approximate surface area is 76.1 Å². The molecule has 0 atom stereocenters. The molecule has 0 aliphatic carbocycles. The summed E-state index contributed by atoms with van der Waals surface area (Å²) >= 11 is 2.10. The molecule has 2 heterocycles. The van der Waals surface area contributed by atoms with E-state index in [1.807, 2.05) is 6.92 Å². The third-order valence-corrected chi connectivity index (χ3v) is 1.85. The number of aryl methyl sites for hydroxylation is 1. The Kier molecular flexibility index (Phi) is 1.52. The van der Waals surface area contributed by atoms with Gasteiger partial charge in [-0.2, -0.15) is 0 Å². The van der Waals surface area contributed by atoms with Crippen LogP contribution in [0.3, 0.4) is 0 Å². The largest absolute Gasteiger partial charge is 0.357 e. The first kappa shape index (κ1) is 6.96. The molecule has 11 heavy (non-hydrogen) atoms. The van der Waals surface area contributed by atoms with Gasteiger partial charge in [0.15, 0.2) is 11.3 Å². The summed E-state index contributed by atoms with van der Waals surface area (Å²) in [5.41, 5.74) is 1.32. The zero-order chi connectivity index (χ0) is 7.84. The van der Waals surface area contributed by atoms with Crippen molar-refractivity contribution in [2.45, 2.75) is 6.92 Å². The summed E-state index contributed by atoms with van der Waals surface area (Å²) in [7, 11) is 0. The quantitative estimate of drug-likeness (QED) is 0.675. The minimum absolute atomic E-state index is 0.572. The van der Waals surface area contributed by atoms with Crippen molar-refractivity contribution in [3.05, 3.63) is 15.7 Å². The van der Waals surface area contributed by atoms with Gasteiger partial charge in [-0.25, -0.2) is 9.97 Å². The number of rotatable bonds is 0. The molecule has 2 rings (SSSR count). The Morgan fingerprint density at radius 2 is 2.36 bits per heavy atom. The summed E-state index contributed by atoms with van der Waals surface area (Å²) < 4.78 is 5.74. The maximum atomic E-state index is 4.89. The van der Waals surface area contributed by atoms with Gasteiger partial charge in [-0.05, 0) is 29.5 Å². The van der Waals surface area contributed by atoms with E-state index < -0.39 is 0 Å². The van der Waals surface area contributed by atoms with Crippen molar-refractivity contribution in [3.8, 4) is 0 Å². The molecule has 0 saturated carbocycles. The van der Waals surface area contributed by atoms with Gasteiger partial charge in [0, 0.05) is 0 Å². The van der Waals surface area contributed by atoms with Gasteiger partial charge in [0.1, 0.15) is 3.70 Å². The highest BCUT2D eigenvalue weighted by molar-refractivity contribution is 14.1. The minimum atomic E-state index is 0.572. The van der Waals surface area contributed by atoms with E-state index in [1.54, 1.807) is 6.20 Å². The molecule has 0 unspecified atom stereocenters. The Balaban J connectivity index is 2.87. The maximum Gasteiger partial charge on any atom is 0.221 e. The summed E-state index contributed by atoms with van der Waals surface area (Å²) in [6.45, 7) is 1.82. The van der Waals surface area contributed by atoms with E-state index in [0.29, 0.717) is 11.4 Å². The Morgan fingerprint density at radius 3 is 3.18 bits per heavy atom. The van der Waals surface area contributed by atoms with Gasteiger partial charge in [0.05, 0.1) is 6.20 Å². The molecule has 0 aromatic carbocycles. The van der Waals surface area contributed by atoms with E-state index in [2.05, 4.69) is 37.7 Å². The standard InChI is InChI=1S/C6H4IN3O/c1-3-5-6(10-11-3)8-2-4(7)9-5/h2H,1H3. The molecule has 2 aromatic rings. The number of hydrogen-bond acceptors (Lipinski definition) is 4. The zero-order valence-corrected chi connectivity index (χ0v) is 7.86. The Hall–Kier alpha value is -0.720. The lowest BCUT2D eigenvalue weighted by atomic mass is 10.4. The molecule has 0 saturated heterocycles. The summed E-state index contributed by atoms with van der Waals surface area (Å²) in [6, 6.07) is 0. The topological polar surface area (TPSA) is 51.8 Å². The second kappa shape index (κ2) is 2.40. The first-order valence-electron chi connectivity index (χ1n) is 3.02. The molecular weight excluding hydrogens is 257 g/mol. The molecule has 0 amide bonds. The predicted octanol–water partition coefficient (Wildman–Crippen LogP) is 1.53. The number of aromatic nitrogens is 3. The Morgan fingerprint density at radius 1 is 1.55 bits per heavy atom. The molecule has 0 N–H and O–H groups in total. The van der Waals surface area contributed by atoms with Gasteiger partial charge in [-0.1, -0.05) is 5.16 Å². The normalized spacial score (nSPS) is 10.7. The molecule has 0 bridgehead atoms. The lowest BCUT2D eigenvalue weighted by Gasteiger charge is -1.86. The van der Waals surface area contributed by atoms with Crippen molar-refractivity contribution < 1.29 is 4.52 Å². The van der Waals surface area contributed by atoms with E-state index in [-0.39, 0.29) is 0 Å². The second-order valence-corrected chi connectivity index (χ2v) is 3.21. The average Bonchev–Trinajstić information content (AvgIpc) is 2.33. The van der Waals surface area contributed by atoms with E-state index >= 15 is 0 Å². The van der Waals surface area contributed by atoms with Crippen LogP contribution in [0.4, 0.5) is 0 Å². The monoisotopic (exact) mass is 261 g/mol. The molecule has 2 aromatic heterocycles. The fourth-order valence-corrected chi connectivity index (χ4v) is 1.20. The van der Waals surface area contributed by atoms with Gasteiger partial charge < -0.3 is 4.52 Å². The van der Waals surface area contributed by atoms with Crippen LogP contribution in [0.5, 0.6) is 0 Å². The molecule has 4 nitrogen and oxygen atoms in total. The molecule has 0 radical (unpaired) electrons. The van der Waals surface area contributed by atoms with Crippen molar-refractivity contribution in [2.24, 2.45) is 0 Å². The van der Waals surface area contributed by atoms with Crippen LogP contribution in [0, 0.1) is 10.6 Å². The minimum Gasteiger partial charge on any atom is -0.357 e.